The lowest BCUT2D eigenvalue weighted by Gasteiger charge is -2.00. The largest absolute Gasteiger partial charge is 0.380 e. The molecule has 4 nitrogen and oxygen atoms in total. The summed E-state index contributed by atoms with van der Waals surface area (Å²) in [6, 6.07) is 10.4. The van der Waals surface area contributed by atoms with Crippen LogP contribution in [-0.4, -0.2) is 11.8 Å². The summed E-state index contributed by atoms with van der Waals surface area (Å²) < 4.78 is 1.37. The van der Waals surface area contributed by atoms with Gasteiger partial charge in [-0.25, -0.2) is 4.79 Å². The number of benzene rings is 1. The van der Waals surface area contributed by atoms with Crippen LogP contribution in [0.1, 0.15) is 15.2 Å². The Kier molecular flexibility index (Phi) is 4.57. The number of nitrogens with zero attached hydrogens (tertiary/aromatic N) is 1. The van der Waals surface area contributed by atoms with Gasteiger partial charge >= 0.3 is 5.97 Å². The first-order valence-corrected chi connectivity index (χ1v) is 7.11. The zero-order valence-electron chi connectivity index (χ0n) is 9.47. The first kappa shape index (κ1) is 14.0. The smallest absolute Gasteiger partial charge is 0.375 e. The third kappa shape index (κ3) is 3.79. The van der Waals surface area contributed by atoms with E-state index >= 15 is 0 Å². The van der Waals surface area contributed by atoms with E-state index in [1.807, 2.05) is 12.1 Å². The standard InChI is InChI=1S/C12H8BrClN2O2S/c13-8-3-1-2-7(6-8)11(15)16-18-12(17)9-4-5-10(14)19-9/h1-6H,(H2,15,16). The van der Waals surface area contributed by atoms with Crippen LogP contribution in [0.2, 0.25) is 4.34 Å². The van der Waals surface area contributed by atoms with Gasteiger partial charge in [0.1, 0.15) is 4.88 Å². The van der Waals surface area contributed by atoms with Crippen LogP contribution < -0.4 is 5.73 Å². The second-order valence-corrected chi connectivity index (χ2v) is 6.10. The Labute approximate surface area is 126 Å². The van der Waals surface area contributed by atoms with Crippen LogP contribution in [-0.2, 0) is 4.84 Å². The molecule has 0 atom stereocenters. The molecule has 0 aliphatic rings. The number of thiophene rings is 1. The van der Waals surface area contributed by atoms with Gasteiger partial charge in [0.25, 0.3) is 0 Å². The molecule has 1 aromatic heterocycles. The second kappa shape index (κ2) is 6.18. The average molecular weight is 360 g/mol. The minimum Gasteiger partial charge on any atom is -0.380 e. The van der Waals surface area contributed by atoms with Crippen molar-refractivity contribution in [2.24, 2.45) is 10.9 Å². The van der Waals surface area contributed by atoms with Gasteiger partial charge < -0.3 is 10.6 Å². The fourth-order valence-corrected chi connectivity index (χ4v) is 2.57. The molecule has 0 saturated carbocycles. The lowest BCUT2D eigenvalue weighted by atomic mass is 10.2. The molecule has 1 heterocycles. The number of hydrogen-bond donors (Lipinski definition) is 1. The summed E-state index contributed by atoms with van der Waals surface area (Å²) in [5, 5.41) is 3.61. The van der Waals surface area contributed by atoms with Gasteiger partial charge in [0, 0.05) is 10.0 Å². The van der Waals surface area contributed by atoms with Crippen LogP contribution in [0.15, 0.2) is 46.0 Å². The molecule has 2 aromatic rings. The molecule has 2 rings (SSSR count). The lowest BCUT2D eigenvalue weighted by molar-refractivity contribution is 0.0522. The zero-order valence-corrected chi connectivity index (χ0v) is 12.6. The summed E-state index contributed by atoms with van der Waals surface area (Å²) in [4.78, 5) is 16.7. The van der Waals surface area contributed by atoms with Crippen LogP contribution >= 0.6 is 38.9 Å². The topological polar surface area (TPSA) is 64.7 Å². The molecular weight excluding hydrogens is 352 g/mol. The highest BCUT2D eigenvalue weighted by Gasteiger charge is 2.10. The third-order valence-corrected chi connectivity index (χ3v) is 3.83. The van der Waals surface area contributed by atoms with E-state index < -0.39 is 5.97 Å². The summed E-state index contributed by atoms with van der Waals surface area (Å²) in [7, 11) is 0. The molecule has 0 fully saturated rings. The highest BCUT2D eigenvalue weighted by atomic mass is 79.9. The molecule has 1 aromatic carbocycles. The predicted molar refractivity (Wildman–Crippen MR) is 79.6 cm³/mol. The summed E-state index contributed by atoms with van der Waals surface area (Å²) in [5.41, 5.74) is 6.38. The van der Waals surface area contributed by atoms with Crippen molar-refractivity contribution < 1.29 is 9.63 Å². The number of amidine groups is 1. The Morgan fingerprint density at radius 3 is 2.79 bits per heavy atom. The number of carbonyl (C=O) groups is 1. The fourth-order valence-electron chi connectivity index (χ4n) is 1.26. The van der Waals surface area contributed by atoms with Crippen molar-refractivity contribution in [3.8, 4) is 0 Å². The SMILES string of the molecule is NC(=NOC(=O)c1ccc(Cl)s1)c1cccc(Br)c1. The molecule has 19 heavy (non-hydrogen) atoms. The van der Waals surface area contributed by atoms with Crippen LogP contribution in [0.3, 0.4) is 0 Å². The van der Waals surface area contributed by atoms with Crippen molar-refractivity contribution in [3.05, 3.63) is 55.6 Å². The molecule has 0 radical (unpaired) electrons. The highest BCUT2D eigenvalue weighted by molar-refractivity contribution is 9.10. The average Bonchev–Trinajstić information content (AvgIpc) is 2.82. The Hall–Kier alpha value is -1.37. The third-order valence-electron chi connectivity index (χ3n) is 2.12. The molecule has 0 amide bonds. The minimum atomic E-state index is -0.588. The second-order valence-electron chi connectivity index (χ2n) is 3.47. The number of hydrogen-bond acceptors (Lipinski definition) is 4. The van der Waals surface area contributed by atoms with E-state index in [-0.39, 0.29) is 5.84 Å². The molecule has 7 heteroatoms. The predicted octanol–water partition coefficient (Wildman–Crippen LogP) is 3.64. The van der Waals surface area contributed by atoms with Crippen LogP contribution in [0.25, 0.3) is 0 Å². The Balaban J connectivity index is 2.08. The molecule has 0 unspecified atom stereocenters. The van der Waals surface area contributed by atoms with Gasteiger partial charge in [-0.15, -0.1) is 11.3 Å². The summed E-state index contributed by atoms with van der Waals surface area (Å²) in [5.74, 6) is -0.466. The van der Waals surface area contributed by atoms with E-state index in [2.05, 4.69) is 21.1 Å². The van der Waals surface area contributed by atoms with E-state index in [1.54, 1.807) is 24.3 Å². The van der Waals surface area contributed by atoms with Gasteiger partial charge in [-0.1, -0.05) is 44.8 Å². The van der Waals surface area contributed by atoms with Gasteiger partial charge in [0.2, 0.25) is 0 Å². The van der Waals surface area contributed by atoms with Crippen molar-refractivity contribution in [2.45, 2.75) is 0 Å². The number of rotatable bonds is 3. The van der Waals surface area contributed by atoms with Crippen molar-refractivity contribution in [2.75, 3.05) is 0 Å². The molecular formula is C12H8BrClN2O2S. The van der Waals surface area contributed by atoms with Gasteiger partial charge in [-0.05, 0) is 24.3 Å². The van der Waals surface area contributed by atoms with Gasteiger partial charge in [-0.3, -0.25) is 0 Å². The van der Waals surface area contributed by atoms with Gasteiger partial charge in [-0.2, -0.15) is 0 Å². The van der Waals surface area contributed by atoms with E-state index in [1.165, 1.54) is 0 Å². The minimum absolute atomic E-state index is 0.123. The summed E-state index contributed by atoms with van der Waals surface area (Å²) in [6.07, 6.45) is 0. The van der Waals surface area contributed by atoms with Crippen molar-refractivity contribution in [3.63, 3.8) is 0 Å². The van der Waals surface area contributed by atoms with E-state index in [9.17, 15) is 4.79 Å². The monoisotopic (exact) mass is 358 g/mol. The number of halogens is 2. The van der Waals surface area contributed by atoms with Gasteiger partial charge in [0.05, 0.1) is 4.34 Å². The van der Waals surface area contributed by atoms with Crippen LogP contribution in [0.5, 0.6) is 0 Å². The first-order chi connectivity index (χ1) is 9.06. The highest BCUT2D eigenvalue weighted by Crippen LogP contribution is 2.22. The number of nitrogens with two attached hydrogens (primary N) is 1. The van der Waals surface area contributed by atoms with Crippen molar-refractivity contribution >= 4 is 50.7 Å². The molecule has 0 spiro atoms. The maximum atomic E-state index is 11.6. The molecule has 98 valence electrons. The summed E-state index contributed by atoms with van der Waals surface area (Å²) in [6.45, 7) is 0. The lowest BCUT2D eigenvalue weighted by Crippen LogP contribution is -2.15. The van der Waals surface area contributed by atoms with Crippen LogP contribution in [0.4, 0.5) is 0 Å². The van der Waals surface area contributed by atoms with E-state index in [0.717, 1.165) is 15.8 Å². The fraction of sp³-hybridized carbons (Fsp3) is 0. The molecule has 0 bridgehead atoms. The van der Waals surface area contributed by atoms with Crippen molar-refractivity contribution in [1.82, 2.24) is 0 Å². The quantitative estimate of drug-likeness (QED) is 0.394. The number of carbonyl (C=O) groups excluding carboxylic acids is 1. The molecule has 2 N–H and O–H groups in total. The van der Waals surface area contributed by atoms with Crippen molar-refractivity contribution in [1.29, 1.82) is 0 Å². The Bertz CT molecular complexity index is 642. The summed E-state index contributed by atoms with van der Waals surface area (Å²) >= 11 is 10.2. The number of oxime groups is 1. The van der Waals surface area contributed by atoms with Gasteiger partial charge in [0.15, 0.2) is 5.84 Å². The van der Waals surface area contributed by atoms with Crippen LogP contribution in [0, 0.1) is 0 Å². The van der Waals surface area contributed by atoms with E-state index in [0.29, 0.717) is 14.8 Å². The molecule has 0 saturated heterocycles. The Morgan fingerprint density at radius 2 is 2.16 bits per heavy atom. The molecule has 0 aliphatic heterocycles. The normalized spacial score (nSPS) is 11.4. The first-order valence-electron chi connectivity index (χ1n) is 5.12. The zero-order chi connectivity index (χ0) is 13.8. The maximum Gasteiger partial charge on any atom is 0.375 e. The van der Waals surface area contributed by atoms with E-state index in [4.69, 9.17) is 22.2 Å². The molecule has 0 aliphatic carbocycles. The maximum absolute atomic E-state index is 11.6. The Morgan fingerprint density at radius 1 is 1.37 bits per heavy atom.